The second-order valence-corrected chi connectivity index (χ2v) is 7.71. The first-order valence-electron chi connectivity index (χ1n) is 9.38. The molecule has 3 rings (SSSR count). The Morgan fingerprint density at radius 3 is 2.48 bits per heavy atom. The van der Waals surface area contributed by atoms with E-state index in [1.807, 2.05) is 6.07 Å². The molecule has 25 heavy (non-hydrogen) atoms. The van der Waals surface area contributed by atoms with Gasteiger partial charge in [-0.2, -0.15) is 5.26 Å². The van der Waals surface area contributed by atoms with Crippen LogP contribution in [0.1, 0.15) is 49.1 Å². The van der Waals surface area contributed by atoms with Crippen molar-refractivity contribution < 1.29 is 10.2 Å². The molecule has 2 N–H and O–H groups in total. The topological polar surface area (TPSA) is 70.7 Å². The number of nitrogens with zero attached hydrogens (tertiary/aromatic N) is 3. The third kappa shape index (κ3) is 4.14. The largest absolute Gasteiger partial charge is 0.507 e. The lowest BCUT2D eigenvalue weighted by molar-refractivity contribution is -0.0337. The van der Waals surface area contributed by atoms with Gasteiger partial charge in [-0.05, 0) is 37.6 Å². The number of nitriles is 1. The predicted molar refractivity (Wildman–Crippen MR) is 97.5 cm³/mol. The summed E-state index contributed by atoms with van der Waals surface area (Å²) in [6.07, 6.45) is 4.92. The predicted octanol–water partition coefficient (Wildman–Crippen LogP) is 2.29. The number of hydrogen-bond acceptors (Lipinski definition) is 5. The Morgan fingerprint density at radius 2 is 1.84 bits per heavy atom. The molecule has 136 valence electrons. The van der Waals surface area contributed by atoms with Crippen LogP contribution in [0.3, 0.4) is 0 Å². The van der Waals surface area contributed by atoms with Crippen molar-refractivity contribution in [3.8, 4) is 11.8 Å². The molecule has 2 aliphatic rings. The van der Waals surface area contributed by atoms with Crippen LogP contribution in [0.15, 0.2) is 18.2 Å². The monoisotopic (exact) mass is 343 g/mol. The molecule has 1 heterocycles. The summed E-state index contributed by atoms with van der Waals surface area (Å²) in [5, 5.41) is 30.5. The fourth-order valence-electron chi connectivity index (χ4n) is 4.25. The fourth-order valence-corrected chi connectivity index (χ4v) is 4.25. The maximum absolute atomic E-state index is 11.4. The average Bonchev–Trinajstić information content (AvgIpc) is 2.62. The van der Waals surface area contributed by atoms with E-state index in [1.54, 1.807) is 12.1 Å². The molecular weight excluding hydrogens is 314 g/mol. The number of aliphatic hydroxyl groups is 1. The van der Waals surface area contributed by atoms with Crippen LogP contribution in [0.25, 0.3) is 0 Å². The minimum absolute atomic E-state index is 0.0141. The zero-order valence-corrected chi connectivity index (χ0v) is 15.1. The van der Waals surface area contributed by atoms with Gasteiger partial charge in [-0.15, -0.1) is 0 Å². The minimum atomic E-state index is -0.717. The molecule has 1 atom stereocenters. The van der Waals surface area contributed by atoms with Crippen LogP contribution in [0.5, 0.6) is 5.75 Å². The molecule has 0 aromatic heterocycles. The van der Waals surface area contributed by atoms with Crippen molar-refractivity contribution >= 4 is 0 Å². The Bertz CT molecular complexity index is 626. The van der Waals surface area contributed by atoms with Crippen molar-refractivity contribution in [3.63, 3.8) is 0 Å². The zero-order valence-electron chi connectivity index (χ0n) is 15.1. The number of phenols is 1. The number of hydrogen-bond donors (Lipinski definition) is 2. The molecule has 0 radical (unpaired) electrons. The van der Waals surface area contributed by atoms with Crippen LogP contribution in [0.4, 0.5) is 0 Å². The number of piperazine rings is 1. The number of benzene rings is 1. The Morgan fingerprint density at radius 1 is 1.16 bits per heavy atom. The van der Waals surface area contributed by atoms with Crippen molar-refractivity contribution in [2.45, 2.75) is 43.6 Å². The summed E-state index contributed by atoms with van der Waals surface area (Å²) in [5.74, 6) is -0.0101. The minimum Gasteiger partial charge on any atom is -0.507 e. The molecule has 2 fully saturated rings. The SMILES string of the molecule is CN1CCN(CC(c2ccc(O)c(C#N)c2)C2(O)CCCCC2)CC1. The van der Waals surface area contributed by atoms with E-state index < -0.39 is 5.60 Å². The molecule has 0 spiro atoms. The number of rotatable bonds is 4. The van der Waals surface area contributed by atoms with Crippen molar-refractivity contribution in [2.24, 2.45) is 0 Å². The molecule has 1 unspecified atom stereocenters. The lowest BCUT2D eigenvalue weighted by Crippen LogP contribution is -2.50. The summed E-state index contributed by atoms with van der Waals surface area (Å²) in [6, 6.07) is 7.30. The van der Waals surface area contributed by atoms with Crippen molar-refractivity contribution in [3.05, 3.63) is 29.3 Å². The van der Waals surface area contributed by atoms with Crippen LogP contribution < -0.4 is 0 Å². The summed E-state index contributed by atoms with van der Waals surface area (Å²) in [7, 11) is 2.14. The van der Waals surface area contributed by atoms with Crippen molar-refractivity contribution in [1.82, 2.24) is 9.80 Å². The van der Waals surface area contributed by atoms with Crippen LogP contribution >= 0.6 is 0 Å². The van der Waals surface area contributed by atoms with E-state index in [2.05, 4.69) is 22.9 Å². The summed E-state index contributed by atoms with van der Waals surface area (Å²) in [4.78, 5) is 4.76. The second kappa shape index (κ2) is 7.74. The molecule has 1 saturated carbocycles. The zero-order chi connectivity index (χ0) is 17.9. The summed E-state index contributed by atoms with van der Waals surface area (Å²) in [5.41, 5.74) is 0.545. The van der Waals surface area contributed by atoms with Crippen molar-refractivity contribution in [1.29, 1.82) is 5.26 Å². The quantitative estimate of drug-likeness (QED) is 0.878. The molecule has 5 nitrogen and oxygen atoms in total. The molecule has 5 heteroatoms. The van der Waals surface area contributed by atoms with Gasteiger partial charge in [0, 0.05) is 38.6 Å². The van der Waals surface area contributed by atoms with E-state index >= 15 is 0 Å². The van der Waals surface area contributed by atoms with Gasteiger partial charge in [0.1, 0.15) is 11.8 Å². The first-order chi connectivity index (χ1) is 12.0. The lowest BCUT2D eigenvalue weighted by atomic mass is 9.72. The third-order valence-electron chi connectivity index (χ3n) is 5.95. The van der Waals surface area contributed by atoms with E-state index in [-0.39, 0.29) is 11.7 Å². The molecule has 0 bridgehead atoms. The number of likely N-dealkylation sites (N-methyl/N-ethyl adjacent to an activating group) is 1. The van der Waals surface area contributed by atoms with Crippen LogP contribution in [0, 0.1) is 11.3 Å². The average molecular weight is 343 g/mol. The van der Waals surface area contributed by atoms with Gasteiger partial charge < -0.3 is 20.0 Å². The highest BCUT2D eigenvalue weighted by Crippen LogP contribution is 2.41. The molecule has 1 aliphatic heterocycles. The normalized spacial score (nSPS) is 23.1. The van der Waals surface area contributed by atoms with Gasteiger partial charge in [-0.1, -0.05) is 25.3 Å². The smallest absolute Gasteiger partial charge is 0.133 e. The molecular formula is C20H29N3O2. The molecule has 1 aromatic carbocycles. The maximum atomic E-state index is 11.4. The molecule has 1 aromatic rings. The van der Waals surface area contributed by atoms with E-state index in [1.165, 1.54) is 6.42 Å². The summed E-state index contributed by atoms with van der Waals surface area (Å²) in [6.45, 7) is 4.91. The van der Waals surface area contributed by atoms with Gasteiger partial charge >= 0.3 is 0 Å². The van der Waals surface area contributed by atoms with Gasteiger partial charge in [0.05, 0.1) is 11.2 Å². The molecule has 1 aliphatic carbocycles. The van der Waals surface area contributed by atoms with Gasteiger partial charge in [0.15, 0.2) is 0 Å². The van der Waals surface area contributed by atoms with Gasteiger partial charge in [0.2, 0.25) is 0 Å². The fraction of sp³-hybridized carbons (Fsp3) is 0.650. The Kier molecular flexibility index (Phi) is 5.63. The van der Waals surface area contributed by atoms with E-state index in [4.69, 9.17) is 0 Å². The first kappa shape index (κ1) is 18.2. The van der Waals surface area contributed by atoms with Gasteiger partial charge in [-0.25, -0.2) is 0 Å². The Labute approximate surface area is 150 Å². The standard InChI is InChI=1S/C20H29N3O2/c1-22-9-11-23(12-10-22)15-18(20(25)7-3-2-4-8-20)16-5-6-19(24)17(13-16)14-21/h5-6,13,18,24-25H,2-4,7-12,15H2,1H3. The summed E-state index contributed by atoms with van der Waals surface area (Å²) < 4.78 is 0. The molecule has 0 amide bonds. The Hall–Kier alpha value is -1.61. The summed E-state index contributed by atoms with van der Waals surface area (Å²) >= 11 is 0. The highest BCUT2D eigenvalue weighted by Gasteiger charge is 2.40. The van der Waals surface area contributed by atoms with Gasteiger partial charge in [0.25, 0.3) is 0 Å². The lowest BCUT2D eigenvalue weighted by Gasteiger charge is -2.43. The van der Waals surface area contributed by atoms with Crippen LogP contribution in [0.2, 0.25) is 0 Å². The number of aromatic hydroxyl groups is 1. The van der Waals surface area contributed by atoms with E-state index in [9.17, 15) is 15.5 Å². The highest BCUT2D eigenvalue weighted by atomic mass is 16.3. The third-order valence-corrected chi connectivity index (χ3v) is 5.95. The van der Waals surface area contributed by atoms with Crippen LogP contribution in [-0.4, -0.2) is 65.4 Å². The van der Waals surface area contributed by atoms with Crippen molar-refractivity contribution in [2.75, 3.05) is 39.8 Å². The Balaban J connectivity index is 1.87. The first-order valence-corrected chi connectivity index (χ1v) is 9.38. The second-order valence-electron chi connectivity index (χ2n) is 7.71. The highest BCUT2D eigenvalue weighted by molar-refractivity contribution is 5.46. The number of phenolic OH excluding ortho intramolecular Hbond substituents is 1. The van der Waals surface area contributed by atoms with E-state index in [0.717, 1.165) is 64.0 Å². The van der Waals surface area contributed by atoms with Gasteiger partial charge in [-0.3, -0.25) is 0 Å². The molecule has 1 saturated heterocycles. The maximum Gasteiger partial charge on any atom is 0.133 e. The van der Waals surface area contributed by atoms with Crippen LogP contribution in [-0.2, 0) is 0 Å². The van der Waals surface area contributed by atoms with E-state index in [0.29, 0.717) is 5.56 Å².